The molecule has 0 aromatic heterocycles. The minimum atomic E-state index is -0.590. The van der Waals surface area contributed by atoms with Crippen molar-refractivity contribution < 1.29 is 14.8 Å². The van der Waals surface area contributed by atoms with Gasteiger partial charge in [0.15, 0.2) is 0 Å². The monoisotopic (exact) mass is 278 g/mol. The van der Waals surface area contributed by atoms with E-state index in [0.29, 0.717) is 12.3 Å². The van der Waals surface area contributed by atoms with E-state index in [1.807, 2.05) is 0 Å². The zero-order valence-corrected chi connectivity index (χ0v) is 11.2. The summed E-state index contributed by atoms with van der Waals surface area (Å²) in [5, 5.41) is 22.8. The second-order valence-electron chi connectivity index (χ2n) is 5.21. The van der Waals surface area contributed by atoms with E-state index in [1.165, 1.54) is 31.4 Å². The molecule has 1 aliphatic carbocycles. The van der Waals surface area contributed by atoms with E-state index in [4.69, 9.17) is 0 Å². The van der Waals surface area contributed by atoms with Crippen LogP contribution in [-0.4, -0.2) is 15.9 Å². The molecule has 20 heavy (non-hydrogen) atoms. The molecule has 0 atom stereocenters. The lowest BCUT2D eigenvalue weighted by molar-refractivity contribution is -0.384. The van der Waals surface area contributed by atoms with Gasteiger partial charge in [-0.3, -0.25) is 14.9 Å². The standard InChI is InChI=1S/C14H18N2O4/c17-13-9-11(16(19)20)6-7-12(13)15-14(18)8-10-4-2-1-3-5-10/h6-7,9-10,17H,1-5,8H2,(H,15,18). The lowest BCUT2D eigenvalue weighted by Gasteiger charge is -2.20. The smallest absolute Gasteiger partial charge is 0.273 e. The van der Waals surface area contributed by atoms with E-state index in [9.17, 15) is 20.0 Å². The summed E-state index contributed by atoms with van der Waals surface area (Å²) >= 11 is 0. The van der Waals surface area contributed by atoms with Crippen LogP contribution in [0.4, 0.5) is 11.4 Å². The number of carbonyl (C=O) groups is 1. The van der Waals surface area contributed by atoms with Crippen LogP contribution in [0.15, 0.2) is 18.2 Å². The van der Waals surface area contributed by atoms with Crippen LogP contribution in [-0.2, 0) is 4.79 Å². The Hall–Kier alpha value is -2.11. The Morgan fingerprint density at radius 3 is 2.65 bits per heavy atom. The number of aromatic hydroxyl groups is 1. The summed E-state index contributed by atoms with van der Waals surface area (Å²) in [6, 6.07) is 3.65. The summed E-state index contributed by atoms with van der Waals surface area (Å²) in [6.45, 7) is 0. The van der Waals surface area contributed by atoms with Crippen LogP contribution in [0.2, 0.25) is 0 Å². The molecular weight excluding hydrogens is 260 g/mol. The number of carbonyl (C=O) groups excluding carboxylic acids is 1. The first kappa shape index (κ1) is 14.3. The summed E-state index contributed by atoms with van der Waals surface area (Å²) in [4.78, 5) is 21.9. The molecule has 0 aliphatic heterocycles. The molecule has 0 radical (unpaired) electrons. The van der Waals surface area contributed by atoms with Crippen molar-refractivity contribution in [2.45, 2.75) is 38.5 Å². The number of nitrogens with one attached hydrogen (secondary N) is 1. The van der Waals surface area contributed by atoms with Crippen molar-refractivity contribution in [3.8, 4) is 5.75 Å². The molecule has 108 valence electrons. The zero-order chi connectivity index (χ0) is 14.5. The first-order valence-electron chi connectivity index (χ1n) is 6.83. The van der Waals surface area contributed by atoms with E-state index in [1.54, 1.807) is 0 Å². The first-order chi connectivity index (χ1) is 9.56. The number of anilines is 1. The third-order valence-electron chi connectivity index (χ3n) is 3.67. The van der Waals surface area contributed by atoms with Gasteiger partial charge in [0.05, 0.1) is 16.7 Å². The van der Waals surface area contributed by atoms with Crippen molar-refractivity contribution in [1.82, 2.24) is 0 Å². The zero-order valence-electron chi connectivity index (χ0n) is 11.2. The van der Waals surface area contributed by atoms with Gasteiger partial charge < -0.3 is 10.4 Å². The summed E-state index contributed by atoms with van der Waals surface area (Å²) in [5.74, 6) is -0.0267. The fraction of sp³-hybridized carbons (Fsp3) is 0.500. The van der Waals surface area contributed by atoms with Crippen LogP contribution >= 0.6 is 0 Å². The maximum Gasteiger partial charge on any atom is 0.273 e. The molecule has 0 unspecified atom stereocenters. The number of phenolic OH excluding ortho intramolecular Hbond substituents is 1. The topological polar surface area (TPSA) is 92.5 Å². The average Bonchev–Trinajstić information content (AvgIpc) is 2.42. The van der Waals surface area contributed by atoms with E-state index in [2.05, 4.69) is 5.32 Å². The Morgan fingerprint density at radius 2 is 2.05 bits per heavy atom. The molecule has 1 aromatic carbocycles. The third kappa shape index (κ3) is 3.69. The van der Waals surface area contributed by atoms with Crippen molar-refractivity contribution in [2.75, 3.05) is 5.32 Å². The van der Waals surface area contributed by atoms with Gasteiger partial charge in [0, 0.05) is 12.5 Å². The van der Waals surface area contributed by atoms with Crippen LogP contribution in [0.3, 0.4) is 0 Å². The van der Waals surface area contributed by atoms with Gasteiger partial charge in [-0.1, -0.05) is 19.3 Å². The van der Waals surface area contributed by atoms with Crippen LogP contribution in [0, 0.1) is 16.0 Å². The first-order valence-corrected chi connectivity index (χ1v) is 6.83. The van der Waals surface area contributed by atoms with Gasteiger partial charge in [-0.05, 0) is 24.8 Å². The van der Waals surface area contributed by atoms with Gasteiger partial charge in [-0.25, -0.2) is 0 Å². The van der Waals surface area contributed by atoms with Crippen molar-refractivity contribution in [2.24, 2.45) is 5.92 Å². The highest BCUT2D eigenvalue weighted by atomic mass is 16.6. The largest absolute Gasteiger partial charge is 0.506 e. The van der Waals surface area contributed by atoms with Crippen molar-refractivity contribution in [3.05, 3.63) is 28.3 Å². The molecule has 1 aliphatic rings. The molecule has 0 saturated heterocycles. The van der Waals surface area contributed by atoms with Gasteiger partial charge in [-0.15, -0.1) is 0 Å². The number of benzene rings is 1. The SMILES string of the molecule is O=C(CC1CCCCC1)Nc1ccc([N+](=O)[O-])cc1O. The molecule has 0 spiro atoms. The number of phenols is 1. The molecule has 1 fully saturated rings. The molecule has 2 rings (SSSR count). The number of nitro groups is 1. The van der Waals surface area contributed by atoms with Crippen molar-refractivity contribution in [1.29, 1.82) is 0 Å². The second kappa shape index (κ2) is 6.36. The fourth-order valence-corrected chi connectivity index (χ4v) is 2.59. The van der Waals surface area contributed by atoms with Gasteiger partial charge in [0.2, 0.25) is 5.91 Å². The highest BCUT2D eigenvalue weighted by Gasteiger charge is 2.18. The van der Waals surface area contributed by atoms with Crippen molar-refractivity contribution in [3.63, 3.8) is 0 Å². The Labute approximate surface area is 117 Å². The van der Waals surface area contributed by atoms with E-state index in [0.717, 1.165) is 18.9 Å². The van der Waals surface area contributed by atoms with Gasteiger partial charge in [0.1, 0.15) is 5.75 Å². The van der Waals surface area contributed by atoms with Crippen LogP contribution < -0.4 is 5.32 Å². The minimum Gasteiger partial charge on any atom is -0.506 e. The van der Waals surface area contributed by atoms with Crippen LogP contribution in [0.25, 0.3) is 0 Å². The average molecular weight is 278 g/mol. The predicted molar refractivity (Wildman–Crippen MR) is 74.6 cm³/mol. The van der Waals surface area contributed by atoms with Gasteiger partial charge in [-0.2, -0.15) is 0 Å². The third-order valence-corrected chi connectivity index (χ3v) is 3.67. The second-order valence-corrected chi connectivity index (χ2v) is 5.21. The molecule has 1 amide bonds. The Bertz CT molecular complexity index is 510. The van der Waals surface area contributed by atoms with E-state index >= 15 is 0 Å². The molecule has 6 heteroatoms. The predicted octanol–water partition coefficient (Wildman–Crippen LogP) is 3.21. The summed E-state index contributed by atoms with van der Waals surface area (Å²) in [5.41, 5.74) is 0.0178. The maximum absolute atomic E-state index is 11.9. The summed E-state index contributed by atoms with van der Waals surface area (Å²) in [6.07, 6.45) is 6.15. The number of non-ortho nitro benzene ring substituents is 1. The lowest BCUT2D eigenvalue weighted by atomic mass is 9.87. The number of amides is 1. The van der Waals surface area contributed by atoms with Crippen LogP contribution in [0.5, 0.6) is 5.75 Å². The van der Waals surface area contributed by atoms with Gasteiger partial charge in [0.25, 0.3) is 5.69 Å². The van der Waals surface area contributed by atoms with Crippen LogP contribution in [0.1, 0.15) is 38.5 Å². The maximum atomic E-state index is 11.9. The quantitative estimate of drug-likeness (QED) is 0.502. The Kier molecular flexibility index (Phi) is 4.55. The Morgan fingerprint density at radius 1 is 1.35 bits per heavy atom. The van der Waals surface area contributed by atoms with E-state index < -0.39 is 4.92 Å². The highest BCUT2D eigenvalue weighted by molar-refractivity contribution is 5.92. The number of nitro benzene ring substituents is 1. The normalized spacial score (nSPS) is 15.8. The molecular formula is C14H18N2O4. The molecule has 6 nitrogen and oxygen atoms in total. The molecule has 0 bridgehead atoms. The summed E-state index contributed by atoms with van der Waals surface area (Å²) in [7, 11) is 0. The highest BCUT2D eigenvalue weighted by Crippen LogP contribution is 2.30. The van der Waals surface area contributed by atoms with Gasteiger partial charge >= 0.3 is 0 Å². The molecule has 0 heterocycles. The molecule has 2 N–H and O–H groups in total. The lowest BCUT2D eigenvalue weighted by Crippen LogP contribution is -2.18. The molecule has 1 aromatic rings. The van der Waals surface area contributed by atoms with Crippen molar-refractivity contribution >= 4 is 17.3 Å². The number of hydrogen-bond acceptors (Lipinski definition) is 4. The van der Waals surface area contributed by atoms with E-state index in [-0.39, 0.29) is 23.0 Å². The molecule has 1 saturated carbocycles. The number of rotatable bonds is 4. The number of nitrogens with zero attached hydrogens (tertiary/aromatic N) is 1. The summed E-state index contributed by atoms with van der Waals surface area (Å²) < 4.78 is 0. The Balaban J connectivity index is 1.95. The number of hydrogen-bond donors (Lipinski definition) is 2. The fourth-order valence-electron chi connectivity index (χ4n) is 2.59. The minimum absolute atomic E-state index is 0.152.